The van der Waals surface area contributed by atoms with Crippen LogP contribution in [0.3, 0.4) is 0 Å². The number of sulfonamides is 1. The number of amides is 1. The summed E-state index contributed by atoms with van der Waals surface area (Å²) in [7, 11) is -4.44. The third-order valence-electron chi connectivity index (χ3n) is 6.82. The number of anilines is 1. The number of nitrogens with zero attached hydrogens (tertiary/aromatic N) is 5. The zero-order valence-corrected chi connectivity index (χ0v) is 21.7. The van der Waals surface area contributed by atoms with E-state index in [1.54, 1.807) is 36.4 Å². The molecule has 192 valence electrons. The summed E-state index contributed by atoms with van der Waals surface area (Å²) in [4.78, 5) is 21.1. The molecule has 2 aromatic heterocycles. The Morgan fingerprint density at radius 2 is 1.89 bits per heavy atom. The van der Waals surface area contributed by atoms with Crippen molar-refractivity contribution in [1.82, 2.24) is 18.6 Å². The van der Waals surface area contributed by atoms with Crippen LogP contribution in [0.1, 0.15) is 48.1 Å². The second kappa shape index (κ2) is 8.71. The van der Waals surface area contributed by atoms with E-state index in [4.69, 9.17) is 15.7 Å². The van der Waals surface area contributed by atoms with Gasteiger partial charge in [0.25, 0.3) is 5.91 Å². The maximum Gasteiger partial charge on any atom is 0.255 e. The molecule has 2 fully saturated rings. The number of benzene rings is 1. The van der Waals surface area contributed by atoms with Gasteiger partial charge in [-0.3, -0.25) is 9.20 Å². The highest BCUT2D eigenvalue weighted by Crippen LogP contribution is 2.38. The van der Waals surface area contributed by atoms with E-state index < -0.39 is 28.4 Å². The first kappa shape index (κ1) is 21.4. The topological polar surface area (TPSA) is 78.2 Å². The van der Waals surface area contributed by atoms with Crippen molar-refractivity contribution in [2.75, 3.05) is 25.0 Å². The molecule has 8 nitrogen and oxygen atoms in total. The van der Waals surface area contributed by atoms with Crippen LogP contribution in [0.2, 0.25) is 5.02 Å². The number of piperazine rings is 1. The highest BCUT2D eigenvalue weighted by molar-refractivity contribution is 7.89. The molecule has 0 aliphatic carbocycles. The minimum atomic E-state index is -4.44. The number of carbonyl (C=O) groups excluding carboxylic acids is 1. The van der Waals surface area contributed by atoms with Gasteiger partial charge in [0.15, 0.2) is 0 Å². The Morgan fingerprint density at radius 3 is 2.50 bits per heavy atom. The van der Waals surface area contributed by atoms with E-state index in [1.807, 2.05) is 0 Å². The second-order valence-corrected chi connectivity index (χ2v) is 12.5. The standard InChI is InChI=1S/C25H29ClFN5O3S/c1-25(2,3)29(4)36(34,35)20-10-19-12-28-15-31(19)23(11-20)32-17-6-7-18(32)14-30(13-17)24(33)21-8-5-16(27)9-22(21)26/h5,8-12,15,17-18H,6-7,13-14H2,1-4H3/t17-,18+/i4D3. The molecule has 0 N–H and O–H groups in total. The Morgan fingerprint density at radius 1 is 1.19 bits per heavy atom. The molecule has 0 saturated carbocycles. The van der Waals surface area contributed by atoms with Gasteiger partial charge in [-0.2, -0.15) is 4.31 Å². The van der Waals surface area contributed by atoms with E-state index in [2.05, 4.69) is 9.88 Å². The first-order valence-electron chi connectivity index (χ1n) is 13.1. The van der Waals surface area contributed by atoms with Crippen LogP contribution in [0.25, 0.3) is 5.52 Å². The third kappa shape index (κ3) is 4.14. The molecule has 36 heavy (non-hydrogen) atoms. The van der Waals surface area contributed by atoms with Gasteiger partial charge in [-0.25, -0.2) is 17.8 Å². The van der Waals surface area contributed by atoms with Gasteiger partial charge in [0.1, 0.15) is 18.0 Å². The van der Waals surface area contributed by atoms with Gasteiger partial charge in [0.05, 0.1) is 27.2 Å². The van der Waals surface area contributed by atoms with Gasteiger partial charge in [0.2, 0.25) is 10.0 Å². The molecule has 11 heteroatoms. The summed E-state index contributed by atoms with van der Waals surface area (Å²) in [5.74, 6) is -0.259. The molecule has 2 atom stereocenters. The van der Waals surface area contributed by atoms with Crippen LogP contribution in [-0.2, 0) is 10.0 Å². The van der Waals surface area contributed by atoms with Gasteiger partial charge in [0, 0.05) is 41.8 Å². The number of fused-ring (bicyclic) bond motifs is 3. The van der Waals surface area contributed by atoms with Gasteiger partial charge in [-0.05, 0) is 63.9 Å². The van der Waals surface area contributed by atoms with Crippen LogP contribution in [0, 0.1) is 5.82 Å². The number of hydrogen-bond acceptors (Lipinski definition) is 5. The van der Waals surface area contributed by atoms with Crippen LogP contribution in [-0.4, -0.2) is 70.6 Å². The van der Waals surface area contributed by atoms with Crippen LogP contribution in [0.15, 0.2) is 47.8 Å². The lowest BCUT2D eigenvalue weighted by Crippen LogP contribution is -2.56. The second-order valence-electron chi connectivity index (χ2n) is 10.3. The van der Waals surface area contributed by atoms with Gasteiger partial charge < -0.3 is 9.80 Å². The Kier molecular flexibility index (Phi) is 5.18. The van der Waals surface area contributed by atoms with Crippen LogP contribution >= 0.6 is 11.6 Å². The lowest BCUT2D eigenvalue weighted by atomic mass is 10.1. The number of rotatable bonds is 4. The molecule has 0 radical (unpaired) electrons. The summed E-state index contributed by atoms with van der Waals surface area (Å²) in [5, 5.41) is 0.0467. The van der Waals surface area contributed by atoms with E-state index >= 15 is 0 Å². The van der Waals surface area contributed by atoms with E-state index in [0.29, 0.717) is 28.7 Å². The Labute approximate surface area is 219 Å². The van der Waals surface area contributed by atoms with Crippen LogP contribution in [0.4, 0.5) is 10.2 Å². The molecule has 2 aliphatic heterocycles. The number of imidazole rings is 1. The quantitative estimate of drug-likeness (QED) is 0.503. The fourth-order valence-electron chi connectivity index (χ4n) is 5.08. The maximum atomic E-state index is 13.8. The molecule has 0 spiro atoms. The minimum Gasteiger partial charge on any atom is -0.348 e. The molecule has 0 unspecified atom stereocenters. The summed E-state index contributed by atoms with van der Waals surface area (Å²) in [6.45, 7) is 2.45. The Hall–Kier alpha value is -2.69. The van der Waals surface area contributed by atoms with E-state index in [1.165, 1.54) is 30.5 Å². The van der Waals surface area contributed by atoms with Gasteiger partial charge >= 0.3 is 0 Å². The number of pyridine rings is 1. The molecule has 1 aromatic carbocycles. The number of hydrogen-bond donors (Lipinski definition) is 0. The predicted octanol–water partition coefficient (Wildman–Crippen LogP) is 4.04. The zero-order chi connectivity index (χ0) is 28.5. The molecule has 2 bridgehead atoms. The smallest absolute Gasteiger partial charge is 0.255 e. The maximum absolute atomic E-state index is 13.8. The molecular formula is C25H29ClFN5O3S. The zero-order valence-electron chi connectivity index (χ0n) is 23.1. The lowest BCUT2D eigenvalue weighted by Gasteiger charge is -2.42. The third-order valence-corrected chi connectivity index (χ3v) is 8.99. The van der Waals surface area contributed by atoms with Crippen LogP contribution < -0.4 is 4.90 Å². The summed E-state index contributed by atoms with van der Waals surface area (Å²) >= 11 is 6.15. The van der Waals surface area contributed by atoms with Crippen molar-refractivity contribution >= 4 is 38.9 Å². The van der Waals surface area contributed by atoms with Crippen LogP contribution in [0.5, 0.6) is 0 Å². The summed E-state index contributed by atoms with van der Waals surface area (Å²) in [6, 6.07) is 6.35. The molecule has 3 aromatic rings. The Balaban J connectivity index is 1.53. The van der Waals surface area contributed by atoms with E-state index in [-0.39, 0.29) is 33.5 Å². The normalized spacial score (nSPS) is 22.1. The number of aromatic nitrogens is 2. The minimum absolute atomic E-state index is 0.0467. The van der Waals surface area contributed by atoms with Crippen molar-refractivity contribution < 1.29 is 21.7 Å². The van der Waals surface area contributed by atoms with Crippen molar-refractivity contribution in [3.63, 3.8) is 0 Å². The Bertz CT molecular complexity index is 1530. The SMILES string of the molecule is [2H]C([2H])([2H])N(C(C)(C)C)S(=O)(=O)c1cc(N2[C@@H]3CC[C@H]2CN(C(=O)c2ccc(F)cc2Cl)C3)n2cncc2c1. The number of likely N-dealkylation sites (tertiary alicyclic amines) is 1. The molecule has 2 saturated heterocycles. The monoisotopic (exact) mass is 536 g/mol. The largest absolute Gasteiger partial charge is 0.348 e. The first-order chi connectivity index (χ1) is 18.1. The lowest BCUT2D eigenvalue weighted by molar-refractivity contribution is 0.0717. The molecule has 4 heterocycles. The fraction of sp³-hybridized carbons (Fsp3) is 0.440. The molecule has 1 amide bonds. The summed E-state index contributed by atoms with van der Waals surface area (Å²) in [5.41, 5.74) is -0.479. The van der Waals surface area contributed by atoms with E-state index in [9.17, 15) is 17.6 Å². The van der Waals surface area contributed by atoms with Crippen molar-refractivity contribution in [1.29, 1.82) is 0 Å². The summed E-state index contributed by atoms with van der Waals surface area (Å²) < 4.78 is 67.3. The average molecular weight is 537 g/mol. The van der Waals surface area contributed by atoms with Crippen molar-refractivity contribution in [3.8, 4) is 0 Å². The highest BCUT2D eigenvalue weighted by atomic mass is 35.5. The number of halogens is 2. The fourth-order valence-corrected chi connectivity index (χ4v) is 6.78. The first-order valence-corrected chi connectivity index (χ1v) is 13.4. The van der Waals surface area contributed by atoms with Gasteiger partial charge in [-0.15, -0.1) is 0 Å². The predicted molar refractivity (Wildman–Crippen MR) is 136 cm³/mol. The number of carbonyl (C=O) groups is 1. The van der Waals surface area contributed by atoms with Crippen molar-refractivity contribution in [2.24, 2.45) is 0 Å². The molecule has 2 aliphatic rings. The summed E-state index contributed by atoms with van der Waals surface area (Å²) in [6.07, 6.45) is 4.64. The molecule has 5 rings (SSSR count). The molecular weight excluding hydrogens is 505 g/mol. The van der Waals surface area contributed by atoms with Crippen molar-refractivity contribution in [2.45, 2.75) is 56.1 Å². The highest BCUT2D eigenvalue weighted by Gasteiger charge is 2.43. The van der Waals surface area contributed by atoms with E-state index in [0.717, 1.165) is 18.9 Å². The average Bonchev–Trinajstić information content (AvgIpc) is 3.37. The van der Waals surface area contributed by atoms with Gasteiger partial charge in [-0.1, -0.05) is 11.6 Å². The van der Waals surface area contributed by atoms with Crippen molar-refractivity contribution in [3.05, 3.63) is 59.3 Å².